The van der Waals surface area contributed by atoms with E-state index in [-0.39, 0.29) is 31.2 Å². The number of rotatable bonds is 8. The Bertz CT molecular complexity index is 1030. The first-order valence-corrected chi connectivity index (χ1v) is 10.2. The third-order valence-corrected chi connectivity index (χ3v) is 4.60. The Balaban J connectivity index is 1.36. The lowest BCUT2D eigenvalue weighted by Gasteiger charge is -2.07. The molecule has 0 aliphatic heterocycles. The molecule has 0 fully saturated rings. The lowest BCUT2D eigenvalue weighted by molar-refractivity contribution is -0.121. The molecule has 9 heteroatoms. The molecular weight excluding hydrogens is 466 g/mol. The standard InChI is InChI=1S/C22H20BrN3O5/c23-16-8-6-15(7-9-16)21(28)24-13-12-20(27)25-26-22(29)19-11-10-18(31-19)14-30-17-4-2-1-3-5-17/h1-11H,12-14H2,(H,24,28)(H,25,27)(H,26,29). The zero-order valence-corrected chi connectivity index (χ0v) is 18.0. The molecule has 0 saturated carbocycles. The van der Waals surface area contributed by atoms with Gasteiger partial charge < -0.3 is 14.5 Å². The summed E-state index contributed by atoms with van der Waals surface area (Å²) in [4.78, 5) is 36.0. The number of hydrogen-bond acceptors (Lipinski definition) is 5. The Hall–Kier alpha value is -3.59. The normalized spacial score (nSPS) is 10.2. The SMILES string of the molecule is O=C(CCNC(=O)c1ccc(Br)cc1)NNC(=O)c1ccc(COc2ccccc2)o1. The predicted octanol–water partition coefficient (Wildman–Crippen LogP) is 3.20. The molecule has 0 aliphatic carbocycles. The Morgan fingerprint density at radius 3 is 2.35 bits per heavy atom. The Kier molecular flexibility index (Phi) is 7.83. The van der Waals surface area contributed by atoms with Gasteiger partial charge in [0.25, 0.3) is 5.91 Å². The van der Waals surface area contributed by atoms with E-state index in [1.165, 1.54) is 6.07 Å². The van der Waals surface area contributed by atoms with Gasteiger partial charge in [-0.15, -0.1) is 0 Å². The summed E-state index contributed by atoms with van der Waals surface area (Å²) in [5.41, 5.74) is 5.04. The molecule has 160 valence electrons. The minimum atomic E-state index is -0.599. The van der Waals surface area contributed by atoms with Crippen molar-refractivity contribution in [2.45, 2.75) is 13.0 Å². The van der Waals surface area contributed by atoms with Gasteiger partial charge in [0.2, 0.25) is 5.91 Å². The average molecular weight is 486 g/mol. The highest BCUT2D eigenvalue weighted by Crippen LogP contribution is 2.14. The molecule has 0 unspecified atom stereocenters. The fraction of sp³-hybridized carbons (Fsp3) is 0.136. The number of furan rings is 1. The van der Waals surface area contributed by atoms with Gasteiger partial charge in [-0.25, -0.2) is 0 Å². The van der Waals surface area contributed by atoms with Gasteiger partial charge in [0.05, 0.1) is 0 Å². The van der Waals surface area contributed by atoms with E-state index in [4.69, 9.17) is 9.15 Å². The van der Waals surface area contributed by atoms with Crippen molar-refractivity contribution in [1.29, 1.82) is 0 Å². The third kappa shape index (κ3) is 7.00. The van der Waals surface area contributed by atoms with Crippen LogP contribution >= 0.6 is 15.9 Å². The maximum absolute atomic E-state index is 12.1. The summed E-state index contributed by atoms with van der Waals surface area (Å²) >= 11 is 3.30. The van der Waals surface area contributed by atoms with Crippen molar-refractivity contribution in [3.05, 3.63) is 88.3 Å². The maximum atomic E-state index is 12.1. The molecule has 3 N–H and O–H groups in total. The number of halogens is 1. The lowest BCUT2D eigenvalue weighted by atomic mass is 10.2. The molecule has 0 aliphatic rings. The zero-order chi connectivity index (χ0) is 22.1. The van der Waals surface area contributed by atoms with E-state index in [1.54, 1.807) is 30.3 Å². The summed E-state index contributed by atoms with van der Waals surface area (Å²) in [7, 11) is 0. The summed E-state index contributed by atoms with van der Waals surface area (Å²) in [5, 5.41) is 2.64. The highest BCUT2D eigenvalue weighted by Gasteiger charge is 2.13. The van der Waals surface area contributed by atoms with E-state index in [1.807, 2.05) is 30.3 Å². The molecule has 31 heavy (non-hydrogen) atoms. The lowest BCUT2D eigenvalue weighted by Crippen LogP contribution is -2.42. The molecule has 3 aromatic rings. The highest BCUT2D eigenvalue weighted by atomic mass is 79.9. The molecule has 3 rings (SSSR count). The summed E-state index contributed by atoms with van der Waals surface area (Å²) in [6.45, 7) is 0.292. The van der Waals surface area contributed by atoms with Crippen LogP contribution in [0.1, 0.15) is 33.1 Å². The quantitative estimate of drug-likeness (QED) is 0.424. The van der Waals surface area contributed by atoms with Crippen molar-refractivity contribution < 1.29 is 23.5 Å². The van der Waals surface area contributed by atoms with Gasteiger partial charge >= 0.3 is 5.91 Å². The second kappa shape index (κ2) is 11.0. The van der Waals surface area contributed by atoms with Crippen LogP contribution in [0.2, 0.25) is 0 Å². The average Bonchev–Trinajstić information content (AvgIpc) is 3.26. The summed E-state index contributed by atoms with van der Waals surface area (Å²) in [6, 6.07) is 19.2. The first-order valence-electron chi connectivity index (χ1n) is 9.41. The second-order valence-electron chi connectivity index (χ2n) is 6.38. The van der Waals surface area contributed by atoms with Crippen LogP contribution in [0.3, 0.4) is 0 Å². The fourth-order valence-corrected chi connectivity index (χ4v) is 2.76. The van der Waals surface area contributed by atoms with E-state index < -0.39 is 11.8 Å². The fourth-order valence-electron chi connectivity index (χ4n) is 2.49. The van der Waals surface area contributed by atoms with Gasteiger partial charge in [0.1, 0.15) is 18.1 Å². The van der Waals surface area contributed by atoms with E-state index in [0.29, 0.717) is 17.1 Å². The number of benzene rings is 2. The van der Waals surface area contributed by atoms with Crippen molar-refractivity contribution in [2.24, 2.45) is 0 Å². The van der Waals surface area contributed by atoms with E-state index in [0.717, 1.165) is 4.47 Å². The van der Waals surface area contributed by atoms with Crippen LogP contribution in [-0.4, -0.2) is 24.3 Å². The van der Waals surface area contributed by atoms with E-state index in [2.05, 4.69) is 32.1 Å². The highest BCUT2D eigenvalue weighted by molar-refractivity contribution is 9.10. The topological polar surface area (TPSA) is 110 Å². The van der Waals surface area contributed by atoms with Gasteiger partial charge in [0, 0.05) is 23.0 Å². The summed E-state index contributed by atoms with van der Waals surface area (Å²) < 4.78 is 11.8. The molecule has 0 radical (unpaired) electrons. The number of ether oxygens (including phenoxy) is 1. The van der Waals surface area contributed by atoms with Gasteiger partial charge in [-0.2, -0.15) is 0 Å². The van der Waals surface area contributed by atoms with E-state index >= 15 is 0 Å². The van der Waals surface area contributed by atoms with Crippen molar-refractivity contribution in [2.75, 3.05) is 6.54 Å². The van der Waals surface area contributed by atoms with Gasteiger partial charge in [-0.3, -0.25) is 25.2 Å². The molecule has 8 nitrogen and oxygen atoms in total. The van der Waals surface area contributed by atoms with Crippen LogP contribution in [0.4, 0.5) is 0 Å². The summed E-state index contributed by atoms with van der Waals surface area (Å²) in [5.74, 6) is -0.150. The number of carbonyl (C=O) groups is 3. The molecular formula is C22H20BrN3O5. The number of amides is 3. The number of nitrogens with one attached hydrogen (secondary N) is 3. The number of para-hydroxylation sites is 1. The van der Waals surface area contributed by atoms with Crippen LogP contribution in [0.15, 0.2) is 75.6 Å². The number of carbonyl (C=O) groups excluding carboxylic acids is 3. The number of hydrogen-bond donors (Lipinski definition) is 3. The zero-order valence-electron chi connectivity index (χ0n) is 16.4. The van der Waals surface area contributed by atoms with Crippen molar-refractivity contribution in [3.8, 4) is 5.75 Å². The Labute approximate surface area is 187 Å². The molecule has 0 atom stereocenters. The van der Waals surface area contributed by atoms with Crippen LogP contribution in [0.25, 0.3) is 0 Å². The maximum Gasteiger partial charge on any atom is 0.305 e. The largest absolute Gasteiger partial charge is 0.486 e. The smallest absolute Gasteiger partial charge is 0.305 e. The van der Waals surface area contributed by atoms with Crippen LogP contribution < -0.4 is 20.9 Å². The van der Waals surface area contributed by atoms with Gasteiger partial charge in [0.15, 0.2) is 5.76 Å². The minimum absolute atomic E-state index is 0.00311. The molecule has 2 aromatic carbocycles. The predicted molar refractivity (Wildman–Crippen MR) is 116 cm³/mol. The van der Waals surface area contributed by atoms with Gasteiger partial charge in [-0.1, -0.05) is 34.1 Å². The molecule has 0 spiro atoms. The first kappa shape index (κ1) is 22.1. The van der Waals surface area contributed by atoms with Crippen molar-refractivity contribution >= 4 is 33.7 Å². The monoisotopic (exact) mass is 485 g/mol. The van der Waals surface area contributed by atoms with Crippen molar-refractivity contribution in [3.63, 3.8) is 0 Å². The second-order valence-corrected chi connectivity index (χ2v) is 7.30. The third-order valence-electron chi connectivity index (χ3n) is 4.07. The van der Waals surface area contributed by atoms with Crippen LogP contribution in [0.5, 0.6) is 5.75 Å². The summed E-state index contributed by atoms with van der Waals surface area (Å²) in [6.07, 6.45) is -0.00311. The van der Waals surface area contributed by atoms with Crippen molar-refractivity contribution in [1.82, 2.24) is 16.2 Å². The Morgan fingerprint density at radius 1 is 0.871 bits per heavy atom. The molecule has 0 bridgehead atoms. The van der Waals surface area contributed by atoms with Gasteiger partial charge in [-0.05, 0) is 48.5 Å². The first-order chi connectivity index (χ1) is 15.0. The van der Waals surface area contributed by atoms with E-state index in [9.17, 15) is 14.4 Å². The molecule has 1 heterocycles. The van der Waals surface area contributed by atoms with Crippen LogP contribution in [-0.2, 0) is 11.4 Å². The molecule has 3 amide bonds. The van der Waals surface area contributed by atoms with Crippen LogP contribution in [0, 0.1) is 0 Å². The minimum Gasteiger partial charge on any atom is -0.486 e. The molecule has 0 saturated heterocycles. The Morgan fingerprint density at radius 2 is 1.61 bits per heavy atom. The molecule has 1 aromatic heterocycles. The number of hydrazine groups is 1.